The fourth-order valence-electron chi connectivity index (χ4n) is 2.04. The zero-order valence-corrected chi connectivity index (χ0v) is 12.8. The summed E-state index contributed by atoms with van der Waals surface area (Å²) in [5, 5.41) is 6.85. The first-order valence-corrected chi connectivity index (χ1v) is 7.02. The predicted molar refractivity (Wildman–Crippen MR) is 80.2 cm³/mol. The molecule has 0 saturated carbocycles. The van der Waals surface area contributed by atoms with Gasteiger partial charge in [0.2, 0.25) is 11.9 Å². The van der Waals surface area contributed by atoms with E-state index >= 15 is 0 Å². The van der Waals surface area contributed by atoms with Gasteiger partial charge in [0.05, 0.1) is 5.69 Å². The molecule has 0 atom stereocenters. The van der Waals surface area contributed by atoms with E-state index in [-0.39, 0.29) is 23.3 Å². The van der Waals surface area contributed by atoms with Crippen LogP contribution >= 0.6 is 11.6 Å². The lowest BCUT2D eigenvalue weighted by Gasteiger charge is -2.09. The van der Waals surface area contributed by atoms with E-state index in [4.69, 9.17) is 11.6 Å². The molecule has 2 aromatic heterocycles. The van der Waals surface area contributed by atoms with Crippen LogP contribution in [-0.2, 0) is 11.2 Å². The Morgan fingerprint density at radius 2 is 2.19 bits per heavy atom. The molecule has 7 nitrogen and oxygen atoms in total. The number of hydrogen-bond donors (Lipinski definition) is 2. The van der Waals surface area contributed by atoms with Gasteiger partial charge in [-0.15, -0.1) is 11.6 Å². The molecule has 0 bridgehead atoms. The Morgan fingerprint density at radius 1 is 1.48 bits per heavy atom. The number of carbonyl (C=O) groups excluding carboxylic acids is 1. The Morgan fingerprint density at radius 3 is 2.76 bits per heavy atom. The summed E-state index contributed by atoms with van der Waals surface area (Å²) in [6, 6.07) is 1.67. The van der Waals surface area contributed by atoms with Gasteiger partial charge in [-0.1, -0.05) is 6.92 Å². The molecule has 2 rings (SSSR count). The molecule has 0 radical (unpaired) electrons. The summed E-state index contributed by atoms with van der Waals surface area (Å²) in [6.45, 7) is 5.44. The number of aryl methyl sites for hydroxylation is 2. The first kappa shape index (κ1) is 15.2. The number of nitrogens with zero attached hydrogens (tertiary/aromatic N) is 3. The minimum atomic E-state index is -0.359. The Kier molecular flexibility index (Phi) is 4.42. The Labute approximate surface area is 126 Å². The van der Waals surface area contributed by atoms with E-state index < -0.39 is 0 Å². The maximum Gasteiger partial charge on any atom is 0.255 e. The summed E-state index contributed by atoms with van der Waals surface area (Å²) in [7, 11) is 0. The number of alkyl halides is 1. The summed E-state index contributed by atoms with van der Waals surface area (Å²) >= 11 is 5.48. The Bertz CT molecular complexity index is 735. The summed E-state index contributed by atoms with van der Waals surface area (Å²) in [5.74, 6) is 0.141. The summed E-state index contributed by atoms with van der Waals surface area (Å²) in [5.41, 5.74) is 1.75. The third kappa shape index (κ3) is 3.13. The molecule has 0 saturated heterocycles. The van der Waals surface area contributed by atoms with Gasteiger partial charge in [0.15, 0.2) is 0 Å². The quantitative estimate of drug-likeness (QED) is 0.833. The van der Waals surface area contributed by atoms with Gasteiger partial charge in [-0.05, 0) is 20.3 Å². The van der Waals surface area contributed by atoms with Crippen molar-refractivity contribution in [3.05, 3.63) is 33.4 Å². The molecule has 8 heteroatoms. The van der Waals surface area contributed by atoms with Crippen molar-refractivity contribution in [3.63, 3.8) is 0 Å². The van der Waals surface area contributed by atoms with E-state index in [9.17, 15) is 9.59 Å². The third-order valence-electron chi connectivity index (χ3n) is 2.98. The number of H-pyrrole nitrogens is 1. The number of hydrogen-bond acceptors (Lipinski definition) is 4. The van der Waals surface area contributed by atoms with E-state index in [1.54, 1.807) is 19.9 Å². The van der Waals surface area contributed by atoms with Gasteiger partial charge < -0.3 is 5.32 Å². The number of rotatable bonds is 4. The molecule has 0 aromatic carbocycles. The van der Waals surface area contributed by atoms with E-state index in [1.165, 1.54) is 4.68 Å². The number of halogens is 1. The number of anilines is 1. The maximum atomic E-state index is 12.0. The Balaban J connectivity index is 2.52. The molecule has 2 aromatic rings. The average molecular weight is 310 g/mol. The van der Waals surface area contributed by atoms with Gasteiger partial charge in [0.1, 0.15) is 11.7 Å². The Hall–Kier alpha value is -2.15. The first-order valence-electron chi connectivity index (χ1n) is 6.49. The lowest BCUT2D eigenvalue weighted by atomic mass is 10.2. The van der Waals surface area contributed by atoms with E-state index in [0.29, 0.717) is 29.2 Å². The zero-order valence-electron chi connectivity index (χ0n) is 12.0. The average Bonchev–Trinajstić information content (AvgIpc) is 2.79. The maximum absolute atomic E-state index is 12.0. The van der Waals surface area contributed by atoms with Crippen molar-refractivity contribution < 1.29 is 4.79 Å². The van der Waals surface area contributed by atoms with Gasteiger partial charge >= 0.3 is 0 Å². The summed E-state index contributed by atoms with van der Waals surface area (Å²) in [6.07, 6.45) is 0.600. The second-order valence-electron chi connectivity index (χ2n) is 4.57. The molecule has 0 spiro atoms. The van der Waals surface area contributed by atoms with Crippen LogP contribution < -0.4 is 10.9 Å². The van der Waals surface area contributed by atoms with Crippen LogP contribution in [-0.4, -0.2) is 31.5 Å². The molecule has 2 N–H and O–H groups in total. The highest BCUT2D eigenvalue weighted by Gasteiger charge is 2.14. The lowest BCUT2D eigenvalue weighted by molar-refractivity contribution is -0.114. The molecule has 21 heavy (non-hydrogen) atoms. The molecule has 1 amide bonds. The molecular formula is C13H16ClN5O2. The van der Waals surface area contributed by atoms with Crippen LogP contribution in [0.1, 0.15) is 23.9 Å². The van der Waals surface area contributed by atoms with Crippen molar-refractivity contribution in [2.45, 2.75) is 27.2 Å². The second-order valence-corrected chi connectivity index (χ2v) is 4.84. The zero-order chi connectivity index (χ0) is 15.6. The molecule has 2 heterocycles. The number of nitrogens with one attached hydrogen (secondary N) is 2. The highest BCUT2D eigenvalue weighted by Crippen LogP contribution is 2.14. The van der Waals surface area contributed by atoms with Crippen molar-refractivity contribution in [1.29, 1.82) is 0 Å². The molecule has 0 fully saturated rings. The van der Waals surface area contributed by atoms with Crippen LogP contribution in [0.25, 0.3) is 5.95 Å². The number of amides is 1. The monoisotopic (exact) mass is 309 g/mol. The highest BCUT2D eigenvalue weighted by atomic mass is 35.5. The minimum Gasteiger partial charge on any atom is -0.309 e. The van der Waals surface area contributed by atoms with Crippen LogP contribution in [0.4, 0.5) is 5.82 Å². The van der Waals surface area contributed by atoms with E-state index in [0.717, 1.165) is 0 Å². The molecule has 0 aliphatic heterocycles. The lowest BCUT2D eigenvalue weighted by Crippen LogP contribution is -2.22. The van der Waals surface area contributed by atoms with Gasteiger partial charge in [-0.25, -0.2) is 4.98 Å². The van der Waals surface area contributed by atoms with Gasteiger partial charge in [-0.3, -0.25) is 14.6 Å². The highest BCUT2D eigenvalue weighted by molar-refractivity contribution is 6.29. The summed E-state index contributed by atoms with van der Waals surface area (Å²) < 4.78 is 1.38. The van der Waals surface area contributed by atoms with Gasteiger partial charge in [-0.2, -0.15) is 9.78 Å². The number of carbonyl (C=O) groups is 1. The normalized spacial score (nSPS) is 10.7. The fourth-order valence-corrected chi connectivity index (χ4v) is 2.11. The van der Waals surface area contributed by atoms with E-state index in [1.807, 2.05) is 6.92 Å². The van der Waals surface area contributed by atoms with Crippen molar-refractivity contribution in [2.24, 2.45) is 0 Å². The molecule has 0 aliphatic rings. The van der Waals surface area contributed by atoms with Crippen LogP contribution in [0.2, 0.25) is 0 Å². The number of aromatic nitrogens is 4. The number of aromatic amines is 1. The molecular weight excluding hydrogens is 294 g/mol. The van der Waals surface area contributed by atoms with Gasteiger partial charge in [0, 0.05) is 17.3 Å². The summed E-state index contributed by atoms with van der Waals surface area (Å²) in [4.78, 5) is 30.5. The first-order chi connectivity index (χ1) is 9.96. The van der Waals surface area contributed by atoms with Crippen molar-refractivity contribution >= 4 is 23.3 Å². The smallest absolute Gasteiger partial charge is 0.255 e. The van der Waals surface area contributed by atoms with Crippen molar-refractivity contribution in [1.82, 2.24) is 19.7 Å². The van der Waals surface area contributed by atoms with Crippen LogP contribution in [0.3, 0.4) is 0 Å². The van der Waals surface area contributed by atoms with Crippen molar-refractivity contribution in [2.75, 3.05) is 11.2 Å². The van der Waals surface area contributed by atoms with Crippen LogP contribution in [0.15, 0.2) is 10.9 Å². The van der Waals surface area contributed by atoms with Crippen LogP contribution in [0.5, 0.6) is 0 Å². The second kappa shape index (κ2) is 6.09. The standard InChI is InChI=1S/C13H16ClN5O2/c1-4-9-8(3)15-13(17-12(9)21)19-10(5-7(2)18-19)16-11(20)6-14/h5H,4,6H2,1-3H3,(H,16,20)(H,15,17,21). The molecule has 112 valence electrons. The minimum absolute atomic E-state index is 0.165. The largest absolute Gasteiger partial charge is 0.309 e. The van der Waals surface area contributed by atoms with Crippen molar-refractivity contribution in [3.8, 4) is 5.95 Å². The van der Waals surface area contributed by atoms with E-state index in [2.05, 4.69) is 20.4 Å². The fraction of sp³-hybridized carbons (Fsp3) is 0.385. The van der Waals surface area contributed by atoms with Gasteiger partial charge in [0.25, 0.3) is 5.56 Å². The predicted octanol–water partition coefficient (Wildman–Crippen LogP) is 1.31. The van der Waals surface area contributed by atoms with Crippen LogP contribution in [0, 0.1) is 13.8 Å². The molecule has 0 aliphatic carbocycles. The molecule has 0 unspecified atom stereocenters. The topological polar surface area (TPSA) is 92.7 Å². The third-order valence-corrected chi connectivity index (χ3v) is 3.23. The SMILES string of the molecule is CCc1c(C)nc(-n2nc(C)cc2NC(=O)CCl)[nH]c1=O.